The predicted octanol–water partition coefficient (Wildman–Crippen LogP) is 4.01. The summed E-state index contributed by atoms with van der Waals surface area (Å²) in [4.78, 5) is 60.7. The van der Waals surface area contributed by atoms with Crippen LogP contribution >= 0.6 is 0 Å². The molecular weight excluding hydrogens is 548 g/mol. The molecule has 11 heteroatoms. The molecule has 0 radical (unpaired) electrons. The van der Waals surface area contributed by atoms with Crippen LogP contribution in [0.25, 0.3) is 21.9 Å². The van der Waals surface area contributed by atoms with Gasteiger partial charge in [-0.2, -0.15) is 0 Å². The number of nitrogens with one attached hydrogen (secondary N) is 4. The molecule has 0 saturated carbocycles. The number of H-pyrrole nitrogens is 2. The molecule has 43 heavy (non-hydrogen) atoms. The van der Waals surface area contributed by atoms with Gasteiger partial charge in [-0.3, -0.25) is 14.2 Å². The van der Waals surface area contributed by atoms with Crippen LogP contribution in [-0.2, 0) is 20.7 Å². The molecule has 0 bridgehead atoms. The fourth-order valence-electron chi connectivity index (χ4n) is 5.68. The van der Waals surface area contributed by atoms with Crippen molar-refractivity contribution in [1.82, 2.24) is 30.1 Å². The topological polar surface area (TPSA) is 141 Å². The summed E-state index contributed by atoms with van der Waals surface area (Å²) in [7, 11) is 0. The van der Waals surface area contributed by atoms with Gasteiger partial charge >= 0.3 is 11.8 Å². The van der Waals surface area contributed by atoms with E-state index < -0.39 is 29.2 Å². The van der Waals surface area contributed by atoms with Crippen molar-refractivity contribution in [1.29, 1.82) is 0 Å². The Morgan fingerprint density at radius 3 is 2.33 bits per heavy atom. The molecular formula is C32H40N6O5. The number of benzene rings is 2. The molecule has 4 N–H and O–H groups in total. The molecule has 3 heterocycles. The zero-order valence-corrected chi connectivity index (χ0v) is 25.3. The van der Waals surface area contributed by atoms with E-state index in [9.17, 15) is 19.2 Å². The molecule has 1 aliphatic heterocycles. The number of rotatable bonds is 7. The van der Waals surface area contributed by atoms with E-state index >= 15 is 0 Å². The highest BCUT2D eigenvalue weighted by Crippen LogP contribution is 2.26. The molecule has 0 spiro atoms. The van der Waals surface area contributed by atoms with Gasteiger partial charge in [0.05, 0.1) is 11.0 Å². The molecule has 2 aromatic heterocycles. The van der Waals surface area contributed by atoms with E-state index in [1.807, 2.05) is 54.7 Å². The molecule has 1 fully saturated rings. The minimum atomic E-state index is -1.34. The number of alkyl carbamates (subject to hydrolysis) is 1. The van der Waals surface area contributed by atoms with Gasteiger partial charge in [-0.05, 0) is 71.2 Å². The zero-order valence-electron chi connectivity index (χ0n) is 25.3. The Morgan fingerprint density at radius 1 is 0.977 bits per heavy atom. The molecule has 0 unspecified atom stereocenters. The normalized spacial score (nSPS) is 15.4. The van der Waals surface area contributed by atoms with Crippen molar-refractivity contribution < 1.29 is 19.1 Å². The van der Waals surface area contributed by atoms with Crippen LogP contribution in [0.1, 0.15) is 59.1 Å². The molecule has 0 aliphatic carbocycles. The van der Waals surface area contributed by atoms with E-state index in [2.05, 4.69) is 20.6 Å². The number of imidazole rings is 1. The zero-order chi connectivity index (χ0) is 30.9. The van der Waals surface area contributed by atoms with Crippen molar-refractivity contribution in [2.24, 2.45) is 0 Å². The Morgan fingerprint density at radius 2 is 1.63 bits per heavy atom. The van der Waals surface area contributed by atoms with Crippen molar-refractivity contribution in [3.63, 3.8) is 0 Å². The highest BCUT2D eigenvalue weighted by molar-refractivity contribution is 5.94. The van der Waals surface area contributed by atoms with Gasteiger partial charge in [0.25, 0.3) is 0 Å². The number of ether oxygens (including phenoxy) is 1. The number of amides is 3. The molecule has 5 rings (SSSR count). The number of piperidine rings is 1. The maximum Gasteiger partial charge on any atom is 0.408 e. The second-order valence-electron chi connectivity index (χ2n) is 12.7. The first kappa shape index (κ1) is 29.9. The molecule has 1 saturated heterocycles. The number of para-hydroxylation sites is 3. The number of aromatic nitrogens is 3. The summed E-state index contributed by atoms with van der Waals surface area (Å²) in [5, 5.41) is 6.52. The average molecular weight is 589 g/mol. The number of fused-ring (bicyclic) bond motifs is 2. The van der Waals surface area contributed by atoms with Crippen LogP contribution in [0.5, 0.6) is 0 Å². The Bertz CT molecular complexity index is 1700. The van der Waals surface area contributed by atoms with Crippen LogP contribution in [0.4, 0.5) is 4.79 Å². The van der Waals surface area contributed by atoms with Crippen LogP contribution in [0.3, 0.4) is 0 Å². The first-order chi connectivity index (χ1) is 20.3. The number of hydrogen-bond donors (Lipinski definition) is 4. The Labute approximate surface area is 250 Å². The van der Waals surface area contributed by atoms with Crippen LogP contribution in [0.2, 0.25) is 0 Å². The molecule has 3 amide bonds. The van der Waals surface area contributed by atoms with E-state index in [4.69, 9.17) is 4.74 Å². The lowest BCUT2D eigenvalue weighted by Crippen LogP contribution is -2.60. The van der Waals surface area contributed by atoms with Gasteiger partial charge in [-0.1, -0.05) is 30.3 Å². The number of likely N-dealkylation sites (tertiary alicyclic amines) is 1. The minimum Gasteiger partial charge on any atom is -0.444 e. The van der Waals surface area contributed by atoms with Gasteiger partial charge in [-0.25, -0.2) is 9.59 Å². The van der Waals surface area contributed by atoms with E-state index in [1.165, 1.54) is 0 Å². The Hall–Kier alpha value is -4.54. The van der Waals surface area contributed by atoms with E-state index in [1.54, 1.807) is 44.1 Å². The summed E-state index contributed by atoms with van der Waals surface area (Å²) < 4.78 is 7.13. The average Bonchev–Trinajstić information content (AvgIpc) is 3.50. The highest BCUT2D eigenvalue weighted by Gasteiger charge is 2.37. The van der Waals surface area contributed by atoms with Gasteiger partial charge in [0.2, 0.25) is 11.8 Å². The third kappa shape index (κ3) is 6.60. The number of aromatic amines is 2. The van der Waals surface area contributed by atoms with Crippen molar-refractivity contribution in [2.45, 2.75) is 77.1 Å². The van der Waals surface area contributed by atoms with Crippen LogP contribution in [0.15, 0.2) is 59.5 Å². The second kappa shape index (κ2) is 11.6. The van der Waals surface area contributed by atoms with Crippen molar-refractivity contribution in [3.05, 3.63) is 70.8 Å². The van der Waals surface area contributed by atoms with Crippen molar-refractivity contribution in [3.8, 4) is 0 Å². The van der Waals surface area contributed by atoms with Crippen molar-refractivity contribution in [2.75, 3.05) is 13.1 Å². The van der Waals surface area contributed by atoms with Gasteiger partial charge in [-0.15, -0.1) is 0 Å². The number of hydrogen-bond acceptors (Lipinski definition) is 5. The maximum absolute atomic E-state index is 14.0. The lowest BCUT2D eigenvalue weighted by molar-refractivity contribution is -0.138. The molecule has 1 atom stereocenters. The molecule has 4 aromatic rings. The van der Waals surface area contributed by atoms with Gasteiger partial charge in [0, 0.05) is 42.7 Å². The fraction of sp³-hybridized carbons (Fsp3) is 0.438. The number of carbonyl (C=O) groups is 3. The van der Waals surface area contributed by atoms with E-state index in [0.29, 0.717) is 25.9 Å². The minimum absolute atomic E-state index is 0.0497. The first-order valence-electron chi connectivity index (χ1n) is 14.7. The quantitative estimate of drug-likeness (QED) is 0.258. The van der Waals surface area contributed by atoms with E-state index in [-0.39, 0.29) is 24.1 Å². The van der Waals surface area contributed by atoms with Gasteiger partial charge in [0.15, 0.2) is 0 Å². The van der Waals surface area contributed by atoms with Crippen LogP contribution in [-0.4, -0.2) is 67.6 Å². The molecule has 11 nitrogen and oxygen atoms in total. The predicted molar refractivity (Wildman–Crippen MR) is 165 cm³/mol. The largest absolute Gasteiger partial charge is 0.444 e. The lowest BCUT2D eigenvalue weighted by atomic mass is 9.98. The standard InChI is InChI=1S/C32H40N6O5/c1-31(2,3)43-30(42)36-32(4,5)28(40)34-25(18-20-19-33-23-11-7-6-10-22(20)23)27(39)37-16-14-21(15-17-37)38-26-13-9-8-12-24(26)35-29(38)41/h6-13,19,21,25,33H,14-18H2,1-5H3,(H,34,40)(H,35,41)(H,36,42)/t25-/m1/s1. The fourth-order valence-corrected chi connectivity index (χ4v) is 5.68. The Balaban J connectivity index is 1.34. The third-order valence-electron chi connectivity index (χ3n) is 7.85. The summed E-state index contributed by atoms with van der Waals surface area (Å²) in [6.45, 7) is 9.26. The highest BCUT2D eigenvalue weighted by atomic mass is 16.6. The second-order valence-corrected chi connectivity index (χ2v) is 12.7. The van der Waals surface area contributed by atoms with Gasteiger partial charge < -0.3 is 30.2 Å². The van der Waals surface area contributed by atoms with Crippen LogP contribution in [0, 0.1) is 0 Å². The summed E-state index contributed by atoms with van der Waals surface area (Å²) in [6, 6.07) is 14.5. The van der Waals surface area contributed by atoms with Crippen molar-refractivity contribution >= 4 is 39.8 Å². The smallest absolute Gasteiger partial charge is 0.408 e. The SMILES string of the molecule is CC(C)(C)OC(=O)NC(C)(C)C(=O)N[C@H](Cc1c[nH]c2ccccc12)C(=O)N1CCC(n2c(=O)[nH]c3ccccc32)CC1. The maximum atomic E-state index is 14.0. The summed E-state index contributed by atoms with van der Waals surface area (Å²) in [5.41, 5.74) is 1.24. The Kier molecular flexibility index (Phi) is 8.09. The van der Waals surface area contributed by atoms with E-state index in [0.717, 1.165) is 27.5 Å². The van der Waals surface area contributed by atoms with Crippen LogP contribution < -0.4 is 16.3 Å². The first-order valence-corrected chi connectivity index (χ1v) is 14.7. The molecule has 1 aliphatic rings. The molecule has 228 valence electrons. The molecule has 2 aromatic carbocycles. The lowest BCUT2D eigenvalue weighted by Gasteiger charge is -2.36. The third-order valence-corrected chi connectivity index (χ3v) is 7.85. The number of carbonyl (C=O) groups excluding carboxylic acids is 3. The van der Waals surface area contributed by atoms with Gasteiger partial charge in [0.1, 0.15) is 17.2 Å². The number of nitrogens with zero attached hydrogens (tertiary/aromatic N) is 2. The monoisotopic (exact) mass is 588 g/mol. The summed E-state index contributed by atoms with van der Waals surface area (Å²) >= 11 is 0. The summed E-state index contributed by atoms with van der Waals surface area (Å²) in [5.74, 6) is -0.715. The summed E-state index contributed by atoms with van der Waals surface area (Å²) in [6.07, 6.45) is 2.61.